The summed E-state index contributed by atoms with van der Waals surface area (Å²) in [6, 6.07) is 8.34. The van der Waals surface area contributed by atoms with Crippen molar-refractivity contribution < 1.29 is 31.7 Å². The third-order valence-corrected chi connectivity index (χ3v) is 3.70. The molecule has 0 aliphatic rings. The predicted molar refractivity (Wildman–Crippen MR) is 103 cm³/mol. The van der Waals surface area contributed by atoms with Crippen LogP contribution in [0.4, 0.5) is 4.79 Å². The van der Waals surface area contributed by atoms with Crippen molar-refractivity contribution in [1.29, 1.82) is 0 Å². The molecule has 0 heterocycles. The van der Waals surface area contributed by atoms with Crippen LogP contribution in [0.15, 0.2) is 30.3 Å². The molecule has 0 radical (unpaired) electrons. The summed E-state index contributed by atoms with van der Waals surface area (Å²) in [4.78, 5) is 24.3. The van der Waals surface area contributed by atoms with Gasteiger partial charge in [0.1, 0.15) is 11.6 Å². The molecule has 1 atom stereocenters. The summed E-state index contributed by atoms with van der Waals surface area (Å²) in [5.41, 5.74) is 0.194. The van der Waals surface area contributed by atoms with E-state index in [0.717, 1.165) is 11.8 Å². The standard InChI is InChI=1S/C18H28N2O7S/c1-18(2,3)27-17(22)20-15(13-25-12-14-8-6-5-7-9-14)16(21)19-10-11-26-28(4,23)24/h5-9,15H,10-13H2,1-4H3,(H,19,21)(H,20,22)/t15-/m1/s1. The SMILES string of the molecule is CC(C)(C)OC(=O)N[C@H](COCc1ccccc1)C(=O)NCCOS(C)(=O)=O. The first-order valence-corrected chi connectivity index (χ1v) is 10.5. The molecule has 0 saturated heterocycles. The minimum absolute atomic E-state index is 0.0446. The number of nitrogens with one attached hydrogen (secondary N) is 2. The van der Waals surface area contributed by atoms with Gasteiger partial charge in [-0.3, -0.25) is 8.98 Å². The van der Waals surface area contributed by atoms with Crippen LogP contribution in [-0.4, -0.2) is 58.1 Å². The second-order valence-electron chi connectivity index (χ2n) is 7.02. The molecular weight excluding hydrogens is 388 g/mol. The lowest BCUT2D eigenvalue weighted by molar-refractivity contribution is -0.125. The quantitative estimate of drug-likeness (QED) is 0.434. The number of alkyl carbamates (subject to hydrolysis) is 1. The Morgan fingerprint density at radius 3 is 2.36 bits per heavy atom. The maximum atomic E-state index is 12.3. The van der Waals surface area contributed by atoms with Crippen LogP contribution in [0, 0.1) is 0 Å². The van der Waals surface area contributed by atoms with E-state index < -0.39 is 33.8 Å². The average molecular weight is 416 g/mol. The smallest absolute Gasteiger partial charge is 0.408 e. The molecule has 1 rings (SSSR count). The third-order valence-electron chi connectivity index (χ3n) is 3.10. The van der Waals surface area contributed by atoms with Crippen molar-refractivity contribution in [2.75, 3.05) is 26.0 Å². The number of hydrogen-bond donors (Lipinski definition) is 2. The first-order valence-electron chi connectivity index (χ1n) is 8.69. The summed E-state index contributed by atoms with van der Waals surface area (Å²) in [6.45, 7) is 5.03. The van der Waals surface area contributed by atoms with Crippen LogP contribution >= 0.6 is 0 Å². The summed E-state index contributed by atoms with van der Waals surface area (Å²) in [5, 5.41) is 4.95. The molecule has 0 fully saturated rings. The van der Waals surface area contributed by atoms with Crippen molar-refractivity contribution in [3.05, 3.63) is 35.9 Å². The maximum Gasteiger partial charge on any atom is 0.408 e. The normalized spacial score (nSPS) is 12.9. The monoisotopic (exact) mass is 416 g/mol. The minimum Gasteiger partial charge on any atom is -0.444 e. The van der Waals surface area contributed by atoms with E-state index >= 15 is 0 Å². The zero-order chi connectivity index (χ0) is 21.2. The largest absolute Gasteiger partial charge is 0.444 e. The number of ether oxygens (including phenoxy) is 2. The Hall–Kier alpha value is -2.17. The number of carbonyl (C=O) groups excluding carboxylic acids is 2. The molecule has 0 aliphatic carbocycles. The molecule has 158 valence electrons. The Morgan fingerprint density at radius 1 is 1.14 bits per heavy atom. The van der Waals surface area contributed by atoms with Crippen molar-refractivity contribution in [3.63, 3.8) is 0 Å². The molecule has 0 bridgehead atoms. The van der Waals surface area contributed by atoms with E-state index in [0.29, 0.717) is 0 Å². The van der Waals surface area contributed by atoms with E-state index in [1.165, 1.54) is 0 Å². The van der Waals surface area contributed by atoms with Gasteiger partial charge in [0.25, 0.3) is 10.1 Å². The van der Waals surface area contributed by atoms with Gasteiger partial charge in [-0.1, -0.05) is 30.3 Å². The Kier molecular flexibility index (Phi) is 9.36. The molecule has 0 unspecified atom stereocenters. The van der Waals surface area contributed by atoms with E-state index in [1.54, 1.807) is 20.8 Å². The van der Waals surface area contributed by atoms with Gasteiger partial charge in [0.2, 0.25) is 5.91 Å². The van der Waals surface area contributed by atoms with Gasteiger partial charge in [-0.05, 0) is 26.3 Å². The summed E-state index contributed by atoms with van der Waals surface area (Å²) in [5.74, 6) is -0.545. The van der Waals surface area contributed by atoms with Gasteiger partial charge in [0.15, 0.2) is 0 Å². The summed E-state index contributed by atoms with van der Waals surface area (Å²) >= 11 is 0. The van der Waals surface area contributed by atoms with E-state index in [9.17, 15) is 18.0 Å². The number of hydrogen-bond acceptors (Lipinski definition) is 7. The molecule has 2 amide bonds. The fourth-order valence-corrected chi connectivity index (χ4v) is 2.38. The molecule has 1 aromatic carbocycles. The topological polar surface area (TPSA) is 120 Å². The van der Waals surface area contributed by atoms with Crippen molar-refractivity contribution in [1.82, 2.24) is 10.6 Å². The molecule has 2 N–H and O–H groups in total. The Labute approximate surface area is 165 Å². The highest BCUT2D eigenvalue weighted by atomic mass is 32.2. The number of benzene rings is 1. The summed E-state index contributed by atoms with van der Waals surface area (Å²) < 4.78 is 37.1. The summed E-state index contributed by atoms with van der Waals surface area (Å²) in [6.07, 6.45) is 0.155. The Bertz CT molecular complexity index is 730. The molecular formula is C18H28N2O7S. The second kappa shape index (κ2) is 11.0. The highest BCUT2D eigenvalue weighted by Gasteiger charge is 2.24. The lowest BCUT2D eigenvalue weighted by Gasteiger charge is -2.23. The predicted octanol–water partition coefficient (Wildman–Crippen LogP) is 1.19. The van der Waals surface area contributed by atoms with Crippen LogP contribution in [0.25, 0.3) is 0 Å². The van der Waals surface area contributed by atoms with Crippen molar-refractivity contribution in [2.24, 2.45) is 0 Å². The summed E-state index contributed by atoms with van der Waals surface area (Å²) in [7, 11) is -3.59. The van der Waals surface area contributed by atoms with Gasteiger partial charge >= 0.3 is 6.09 Å². The number of carbonyl (C=O) groups is 2. The highest BCUT2D eigenvalue weighted by Crippen LogP contribution is 2.07. The van der Waals surface area contributed by atoms with Gasteiger partial charge in [-0.25, -0.2) is 4.79 Å². The van der Waals surface area contributed by atoms with Crippen LogP contribution in [0.2, 0.25) is 0 Å². The molecule has 9 nitrogen and oxygen atoms in total. The molecule has 10 heteroatoms. The molecule has 28 heavy (non-hydrogen) atoms. The number of rotatable bonds is 10. The van der Waals surface area contributed by atoms with E-state index in [4.69, 9.17) is 9.47 Å². The lowest BCUT2D eigenvalue weighted by Crippen LogP contribution is -2.51. The average Bonchev–Trinajstić information content (AvgIpc) is 2.56. The molecule has 0 spiro atoms. The van der Waals surface area contributed by atoms with Crippen LogP contribution in [-0.2, 0) is 35.2 Å². The molecule has 0 aromatic heterocycles. The van der Waals surface area contributed by atoms with Crippen molar-refractivity contribution >= 4 is 22.1 Å². The number of amides is 2. The first kappa shape index (κ1) is 23.9. The van der Waals surface area contributed by atoms with Crippen LogP contribution in [0.5, 0.6) is 0 Å². The Balaban J connectivity index is 2.59. The van der Waals surface area contributed by atoms with Crippen LogP contribution < -0.4 is 10.6 Å². The fraction of sp³-hybridized carbons (Fsp3) is 0.556. The third kappa shape index (κ3) is 11.5. The van der Waals surface area contributed by atoms with Gasteiger partial charge in [-0.15, -0.1) is 0 Å². The van der Waals surface area contributed by atoms with Crippen molar-refractivity contribution in [3.8, 4) is 0 Å². The molecule has 0 saturated carbocycles. The van der Waals surface area contributed by atoms with Crippen LogP contribution in [0.3, 0.4) is 0 Å². The zero-order valence-corrected chi connectivity index (χ0v) is 17.4. The molecule has 0 aliphatic heterocycles. The van der Waals surface area contributed by atoms with Crippen LogP contribution in [0.1, 0.15) is 26.3 Å². The lowest BCUT2D eigenvalue weighted by atomic mass is 10.2. The minimum atomic E-state index is -3.59. The van der Waals surface area contributed by atoms with Gasteiger partial charge in [-0.2, -0.15) is 8.42 Å². The van der Waals surface area contributed by atoms with E-state index in [1.807, 2.05) is 30.3 Å². The van der Waals surface area contributed by atoms with Gasteiger partial charge in [0.05, 0.1) is 26.1 Å². The molecule has 1 aromatic rings. The first-order chi connectivity index (χ1) is 13.0. The second-order valence-corrected chi connectivity index (χ2v) is 8.66. The van der Waals surface area contributed by atoms with Gasteiger partial charge < -0.3 is 20.1 Å². The highest BCUT2D eigenvalue weighted by molar-refractivity contribution is 7.85. The maximum absolute atomic E-state index is 12.3. The van der Waals surface area contributed by atoms with E-state index in [2.05, 4.69) is 14.8 Å². The fourth-order valence-electron chi connectivity index (χ4n) is 1.99. The van der Waals surface area contributed by atoms with Crippen molar-refractivity contribution in [2.45, 2.75) is 39.0 Å². The Morgan fingerprint density at radius 2 is 1.79 bits per heavy atom. The van der Waals surface area contributed by atoms with Gasteiger partial charge in [0, 0.05) is 6.54 Å². The van der Waals surface area contributed by atoms with E-state index in [-0.39, 0.29) is 26.4 Å². The zero-order valence-electron chi connectivity index (χ0n) is 16.6.